The van der Waals surface area contributed by atoms with Gasteiger partial charge >= 0.3 is 190 Å². The summed E-state index contributed by atoms with van der Waals surface area (Å²) in [7, 11) is 0. The van der Waals surface area contributed by atoms with Gasteiger partial charge in [-0.15, -0.1) is 0 Å². The molecular weight excluding hydrogens is 507 g/mol. The summed E-state index contributed by atoms with van der Waals surface area (Å²) in [6.45, 7) is 5.76. The van der Waals surface area contributed by atoms with E-state index >= 15 is 0 Å². The molecule has 1 heterocycles. The van der Waals surface area contributed by atoms with Gasteiger partial charge in [0.2, 0.25) is 0 Å². The Morgan fingerprint density at radius 2 is 1.81 bits per heavy atom. The van der Waals surface area contributed by atoms with Crippen LogP contribution >= 0.6 is 0 Å². The molecule has 31 heavy (non-hydrogen) atoms. The van der Waals surface area contributed by atoms with Crippen molar-refractivity contribution >= 4 is 33.7 Å². The molecule has 2 rings (SSSR count). The van der Waals surface area contributed by atoms with Crippen LogP contribution in [0.25, 0.3) is 0 Å². The van der Waals surface area contributed by atoms with Gasteiger partial charge in [-0.1, -0.05) is 0 Å². The molecule has 1 amide bonds. The molecule has 176 valence electrons. The number of nitrogens with zero attached hydrogens (tertiary/aromatic N) is 1. The zero-order valence-corrected chi connectivity index (χ0v) is 22.8. The molecule has 1 fully saturated rings. The van der Waals surface area contributed by atoms with E-state index in [4.69, 9.17) is 0 Å². The third-order valence-corrected chi connectivity index (χ3v) is 11.3. The zero-order chi connectivity index (χ0) is 23.6. The first-order valence-electron chi connectivity index (χ1n) is 11.2. The van der Waals surface area contributed by atoms with E-state index in [2.05, 4.69) is 30.4 Å². The second-order valence-electron chi connectivity index (χ2n) is 11.0. The summed E-state index contributed by atoms with van der Waals surface area (Å²) in [5.41, 5.74) is -1.63. The number of hydrogen-bond acceptors (Lipinski definition) is 4. The maximum absolute atomic E-state index is 14.3. The minimum absolute atomic E-state index is 0.0513. The van der Waals surface area contributed by atoms with E-state index < -0.39 is 41.7 Å². The Morgan fingerprint density at radius 1 is 1.23 bits per heavy atom. The Kier molecular flexibility index (Phi) is 8.39. The fourth-order valence-corrected chi connectivity index (χ4v) is 6.77. The van der Waals surface area contributed by atoms with Crippen molar-refractivity contribution in [1.82, 2.24) is 10.3 Å². The molecule has 0 aliphatic heterocycles. The molecule has 1 atom stereocenters. The van der Waals surface area contributed by atoms with Crippen LogP contribution in [0.5, 0.6) is 0 Å². The second-order valence-corrected chi connectivity index (χ2v) is 25.3. The molecule has 5 nitrogen and oxygen atoms in total. The first-order valence-corrected chi connectivity index (χ1v) is 21.2. The van der Waals surface area contributed by atoms with Crippen LogP contribution in [0.15, 0.2) is 12.3 Å². The molecule has 3 N–H and O–H groups in total. The number of carbonyl (C=O) groups is 1. The molecule has 0 radical (unpaired) electrons. The second kappa shape index (κ2) is 9.89. The monoisotopic (exact) mass is 547 g/mol. The fraction of sp³-hybridized carbons (Fsp3) is 0.739. The van der Waals surface area contributed by atoms with Crippen LogP contribution in [0.4, 0.5) is 14.5 Å². The Bertz CT molecular complexity index is 762. The molecule has 0 bridgehead atoms. The number of carbonyl (C=O) groups excluding carboxylic acids is 1. The summed E-state index contributed by atoms with van der Waals surface area (Å²) in [6, 6.07) is 2.12. The Labute approximate surface area is 189 Å². The number of anilines is 1. The first-order chi connectivity index (χ1) is 14.1. The molecular formula is C23H39F2N3O2Sn. The van der Waals surface area contributed by atoms with Gasteiger partial charge in [-0.3, -0.25) is 0 Å². The van der Waals surface area contributed by atoms with Crippen molar-refractivity contribution in [2.45, 2.75) is 91.7 Å². The van der Waals surface area contributed by atoms with Gasteiger partial charge in [-0.05, 0) is 0 Å². The average Bonchev–Trinajstić information content (AvgIpc) is 2.64. The predicted octanol–water partition coefficient (Wildman–Crippen LogP) is 4.18. The van der Waals surface area contributed by atoms with Crippen LogP contribution < -0.4 is 14.3 Å². The molecule has 8 heteroatoms. The van der Waals surface area contributed by atoms with E-state index in [1.165, 1.54) is 13.8 Å². The van der Waals surface area contributed by atoms with Crippen molar-refractivity contribution in [2.75, 3.05) is 11.9 Å². The minimum atomic E-state index is -2.48. The number of amides is 1. The maximum atomic E-state index is 14.3. The van der Waals surface area contributed by atoms with Crippen LogP contribution in [0.2, 0.25) is 14.8 Å². The van der Waals surface area contributed by atoms with Crippen LogP contribution in [0, 0.1) is 5.92 Å². The van der Waals surface area contributed by atoms with Gasteiger partial charge in [0.1, 0.15) is 0 Å². The number of aliphatic hydroxyl groups is 1. The van der Waals surface area contributed by atoms with Gasteiger partial charge in [-0.2, -0.15) is 0 Å². The molecule has 1 aliphatic rings. The number of hydrogen-bond donors (Lipinski definition) is 3. The van der Waals surface area contributed by atoms with Crippen molar-refractivity contribution in [2.24, 2.45) is 5.92 Å². The van der Waals surface area contributed by atoms with Gasteiger partial charge < -0.3 is 0 Å². The molecule has 1 aromatic rings. The van der Waals surface area contributed by atoms with Crippen LogP contribution in [0.1, 0.15) is 63.7 Å². The predicted molar refractivity (Wildman–Crippen MR) is 125 cm³/mol. The van der Waals surface area contributed by atoms with Crippen molar-refractivity contribution in [3.63, 3.8) is 0 Å². The Hall–Kier alpha value is -0.961. The summed E-state index contributed by atoms with van der Waals surface area (Å²) < 4.78 is 29.4. The molecule has 1 saturated carbocycles. The Balaban J connectivity index is 2.18. The summed E-state index contributed by atoms with van der Waals surface area (Å²) in [6.07, 6.45) is 3.26. The third-order valence-electron chi connectivity index (χ3n) is 6.18. The van der Waals surface area contributed by atoms with Crippen molar-refractivity contribution in [3.05, 3.63) is 17.8 Å². The van der Waals surface area contributed by atoms with E-state index in [0.29, 0.717) is 11.3 Å². The molecule has 1 aromatic heterocycles. The van der Waals surface area contributed by atoms with E-state index in [1.807, 2.05) is 6.07 Å². The van der Waals surface area contributed by atoms with Crippen LogP contribution in [0.3, 0.4) is 0 Å². The van der Waals surface area contributed by atoms with Crippen LogP contribution in [-0.2, 0) is 0 Å². The average molecular weight is 546 g/mol. The van der Waals surface area contributed by atoms with E-state index in [0.717, 1.165) is 29.4 Å². The molecule has 1 unspecified atom stereocenters. The SMILES string of the molecule is CC(C)(O)C(F)CNC(=O)c1cn[c]([Sn]([CH3])([CH3])[CH3])cc1NC1CCC(C(C)(C)F)CC1. The summed E-state index contributed by atoms with van der Waals surface area (Å²) in [4.78, 5) is 24.1. The summed E-state index contributed by atoms with van der Waals surface area (Å²) >= 11 is -2.48. The van der Waals surface area contributed by atoms with Gasteiger partial charge in [0.25, 0.3) is 0 Å². The van der Waals surface area contributed by atoms with E-state index in [9.17, 15) is 18.7 Å². The number of halogens is 2. The first kappa shape index (κ1) is 26.3. The number of aromatic nitrogens is 1. The summed E-state index contributed by atoms with van der Waals surface area (Å²) in [5.74, 6) is -0.369. The molecule has 1 aliphatic carbocycles. The van der Waals surface area contributed by atoms with Gasteiger partial charge in [0.15, 0.2) is 0 Å². The normalized spacial score (nSPS) is 21.5. The number of nitrogens with one attached hydrogen (secondary N) is 2. The third kappa shape index (κ3) is 7.55. The number of alkyl halides is 2. The van der Waals surface area contributed by atoms with E-state index in [1.54, 1.807) is 20.0 Å². The number of pyridine rings is 1. The Morgan fingerprint density at radius 3 is 2.29 bits per heavy atom. The number of rotatable bonds is 8. The quantitative estimate of drug-likeness (QED) is 0.428. The molecule has 0 aromatic carbocycles. The van der Waals surface area contributed by atoms with Gasteiger partial charge in [0, 0.05) is 0 Å². The molecule has 0 saturated heterocycles. The van der Waals surface area contributed by atoms with E-state index in [-0.39, 0.29) is 18.5 Å². The fourth-order valence-electron chi connectivity index (χ4n) is 3.84. The molecule has 0 spiro atoms. The van der Waals surface area contributed by atoms with Crippen molar-refractivity contribution in [3.8, 4) is 0 Å². The standard InChI is InChI=1S/C20H30F2N3O2.3CH3.Sn/c1-19(2,22)13-5-7-14(8-6-13)25-16-9-10-23-11-15(16)18(26)24-12-17(21)20(3,4)27;;;;/h9,11,13-14,17,27H,5-8,12H2,1-4H3,(H,23,25)(H,24,26);3*1H3;. The van der Waals surface area contributed by atoms with Gasteiger partial charge in [-0.25, -0.2) is 0 Å². The van der Waals surface area contributed by atoms with Crippen LogP contribution in [-0.4, -0.2) is 64.4 Å². The van der Waals surface area contributed by atoms with Crippen molar-refractivity contribution < 1.29 is 18.7 Å². The van der Waals surface area contributed by atoms with Gasteiger partial charge in [0.05, 0.1) is 0 Å². The zero-order valence-electron chi connectivity index (χ0n) is 20.0. The summed E-state index contributed by atoms with van der Waals surface area (Å²) in [5, 5.41) is 15.9. The van der Waals surface area contributed by atoms with Crippen molar-refractivity contribution in [1.29, 1.82) is 0 Å². The topological polar surface area (TPSA) is 74.2 Å².